The lowest BCUT2D eigenvalue weighted by molar-refractivity contribution is -0.140. The quantitative estimate of drug-likeness (QED) is 0.631. The van der Waals surface area contributed by atoms with Gasteiger partial charge in [0.15, 0.2) is 0 Å². The van der Waals surface area contributed by atoms with E-state index in [9.17, 15) is 14.0 Å². The van der Waals surface area contributed by atoms with Crippen molar-refractivity contribution >= 4 is 18.0 Å². The van der Waals surface area contributed by atoms with Crippen LogP contribution in [0.25, 0.3) is 6.08 Å². The Morgan fingerprint density at radius 3 is 2.48 bits per heavy atom. The van der Waals surface area contributed by atoms with Gasteiger partial charge in [-0.1, -0.05) is 6.07 Å². The molecule has 0 aromatic carbocycles. The first-order valence-corrected chi connectivity index (χ1v) is 6.46. The average Bonchev–Trinajstić information content (AvgIpc) is 2.37. The Kier molecular flexibility index (Phi) is 5.58. The highest BCUT2D eigenvalue weighted by atomic mass is 19.1. The van der Waals surface area contributed by atoms with E-state index in [1.165, 1.54) is 18.3 Å². The van der Waals surface area contributed by atoms with Crippen LogP contribution in [0, 0.1) is 0 Å². The van der Waals surface area contributed by atoms with Crippen molar-refractivity contribution in [1.29, 1.82) is 0 Å². The highest BCUT2D eigenvalue weighted by Gasteiger charge is 2.18. The predicted octanol–water partition coefficient (Wildman–Crippen LogP) is 2.91. The van der Waals surface area contributed by atoms with Crippen LogP contribution in [0.4, 0.5) is 4.39 Å². The van der Waals surface area contributed by atoms with E-state index >= 15 is 0 Å². The molecule has 0 aliphatic rings. The topological polar surface area (TPSA) is 65.5 Å². The molecule has 0 atom stereocenters. The highest BCUT2D eigenvalue weighted by molar-refractivity contribution is 5.91. The number of hydrogen-bond donors (Lipinski definition) is 0. The summed E-state index contributed by atoms with van der Waals surface area (Å²) in [6.45, 7) is 6.92. The number of carbonyl (C=O) groups is 2. The second kappa shape index (κ2) is 6.97. The SMILES string of the molecule is CCOC(=O)C(F)=Cc1ccc(C(=O)OC(C)(C)C)nc1. The summed E-state index contributed by atoms with van der Waals surface area (Å²) in [6, 6.07) is 2.86. The molecule has 21 heavy (non-hydrogen) atoms. The molecule has 1 heterocycles. The minimum Gasteiger partial charge on any atom is -0.461 e. The zero-order valence-electron chi connectivity index (χ0n) is 12.5. The van der Waals surface area contributed by atoms with Gasteiger partial charge < -0.3 is 9.47 Å². The summed E-state index contributed by atoms with van der Waals surface area (Å²) in [7, 11) is 0. The van der Waals surface area contributed by atoms with Gasteiger partial charge in [-0.15, -0.1) is 0 Å². The Labute approximate surface area is 122 Å². The molecule has 0 saturated carbocycles. The zero-order chi connectivity index (χ0) is 16.0. The van der Waals surface area contributed by atoms with Crippen LogP contribution in [0.1, 0.15) is 43.7 Å². The van der Waals surface area contributed by atoms with Crippen molar-refractivity contribution in [3.8, 4) is 0 Å². The summed E-state index contributed by atoms with van der Waals surface area (Å²) in [4.78, 5) is 26.7. The Morgan fingerprint density at radius 1 is 1.33 bits per heavy atom. The summed E-state index contributed by atoms with van der Waals surface area (Å²) in [5, 5.41) is 0. The van der Waals surface area contributed by atoms with Crippen molar-refractivity contribution < 1.29 is 23.5 Å². The van der Waals surface area contributed by atoms with Crippen molar-refractivity contribution in [1.82, 2.24) is 4.98 Å². The van der Waals surface area contributed by atoms with Gasteiger partial charge >= 0.3 is 11.9 Å². The summed E-state index contributed by atoms with van der Waals surface area (Å²) in [5.74, 6) is -2.62. The molecule has 0 N–H and O–H groups in total. The summed E-state index contributed by atoms with van der Waals surface area (Å²) < 4.78 is 23.1. The van der Waals surface area contributed by atoms with E-state index < -0.39 is 23.4 Å². The fourth-order valence-corrected chi connectivity index (χ4v) is 1.35. The van der Waals surface area contributed by atoms with Crippen LogP contribution in [0.5, 0.6) is 0 Å². The van der Waals surface area contributed by atoms with Crippen LogP contribution in [0.15, 0.2) is 24.2 Å². The fourth-order valence-electron chi connectivity index (χ4n) is 1.35. The molecular formula is C15H18FNO4. The molecule has 0 unspecified atom stereocenters. The van der Waals surface area contributed by atoms with Gasteiger partial charge in [0.25, 0.3) is 0 Å². The van der Waals surface area contributed by atoms with E-state index in [2.05, 4.69) is 9.72 Å². The normalized spacial score (nSPS) is 12.0. The van der Waals surface area contributed by atoms with Gasteiger partial charge in [-0.2, -0.15) is 4.39 Å². The van der Waals surface area contributed by atoms with Crippen molar-refractivity contribution in [3.63, 3.8) is 0 Å². The van der Waals surface area contributed by atoms with Gasteiger partial charge in [0, 0.05) is 6.20 Å². The molecule has 0 radical (unpaired) electrons. The molecule has 0 amide bonds. The second-order valence-corrected chi connectivity index (χ2v) is 5.19. The van der Waals surface area contributed by atoms with E-state index in [1.54, 1.807) is 27.7 Å². The standard InChI is InChI=1S/C15H18FNO4/c1-5-20-13(18)11(16)8-10-6-7-12(17-9-10)14(19)21-15(2,3)4/h6-9H,5H2,1-4H3. The van der Waals surface area contributed by atoms with Gasteiger partial charge in [-0.05, 0) is 45.4 Å². The molecule has 5 nitrogen and oxygen atoms in total. The number of hydrogen-bond acceptors (Lipinski definition) is 5. The maximum absolute atomic E-state index is 13.4. The monoisotopic (exact) mass is 295 g/mol. The van der Waals surface area contributed by atoms with Crippen LogP contribution in [-0.4, -0.2) is 29.1 Å². The van der Waals surface area contributed by atoms with Crippen LogP contribution in [0.2, 0.25) is 0 Å². The van der Waals surface area contributed by atoms with Crippen molar-refractivity contribution in [3.05, 3.63) is 35.4 Å². The van der Waals surface area contributed by atoms with Crippen molar-refractivity contribution in [2.24, 2.45) is 0 Å². The Balaban J connectivity index is 2.81. The Morgan fingerprint density at radius 2 is 2.00 bits per heavy atom. The molecular weight excluding hydrogens is 277 g/mol. The molecule has 1 rings (SSSR count). The molecule has 0 aliphatic heterocycles. The Bertz CT molecular complexity index is 544. The number of pyridine rings is 1. The van der Waals surface area contributed by atoms with Gasteiger partial charge in [0.1, 0.15) is 11.3 Å². The van der Waals surface area contributed by atoms with Crippen molar-refractivity contribution in [2.75, 3.05) is 6.61 Å². The molecule has 0 aliphatic carbocycles. The maximum atomic E-state index is 13.4. The second-order valence-electron chi connectivity index (χ2n) is 5.19. The molecule has 0 spiro atoms. The molecule has 0 bridgehead atoms. The third-order valence-electron chi connectivity index (χ3n) is 2.16. The van der Waals surface area contributed by atoms with Crippen molar-refractivity contribution in [2.45, 2.75) is 33.3 Å². The first kappa shape index (κ1) is 16.8. The lowest BCUT2D eigenvalue weighted by Gasteiger charge is -2.18. The smallest absolute Gasteiger partial charge is 0.367 e. The summed E-state index contributed by atoms with van der Waals surface area (Å²) in [5.41, 5.74) is -0.167. The number of halogens is 1. The number of esters is 2. The number of nitrogens with zero attached hydrogens (tertiary/aromatic N) is 1. The van der Waals surface area contributed by atoms with Crippen LogP contribution < -0.4 is 0 Å². The minimum atomic E-state index is -1.03. The first-order valence-electron chi connectivity index (χ1n) is 6.46. The van der Waals surface area contributed by atoms with Gasteiger partial charge in [-0.25, -0.2) is 14.6 Å². The van der Waals surface area contributed by atoms with Gasteiger partial charge in [0.2, 0.25) is 5.83 Å². The van der Waals surface area contributed by atoms with Crippen LogP contribution in [-0.2, 0) is 14.3 Å². The molecule has 1 aromatic rings. The third-order valence-corrected chi connectivity index (χ3v) is 2.16. The third kappa shape index (κ3) is 5.72. The van der Waals surface area contributed by atoms with Crippen LogP contribution in [0.3, 0.4) is 0 Å². The summed E-state index contributed by atoms with van der Waals surface area (Å²) >= 11 is 0. The van der Waals surface area contributed by atoms with E-state index in [1.807, 2.05) is 0 Å². The zero-order valence-corrected chi connectivity index (χ0v) is 12.5. The fraction of sp³-hybridized carbons (Fsp3) is 0.400. The molecule has 6 heteroatoms. The maximum Gasteiger partial charge on any atom is 0.367 e. The first-order chi connectivity index (χ1) is 9.73. The van der Waals surface area contributed by atoms with Crippen LogP contribution >= 0.6 is 0 Å². The number of rotatable bonds is 4. The van der Waals surface area contributed by atoms with E-state index in [0.717, 1.165) is 6.08 Å². The minimum absolute atomic E-state index is 0.0932. The highest BCUT2D eigenvalue weighted by Crippen LogP contribution is 2.13. The largest absolute Gasteiger partial charge is 0.461 e. The number of aromatic nitrogens is 1. The molecule has 1 aromatic heterocycles. The van der Waals surface area contributed by atoms with E-state index in [4.69, 9.17) is 4.74 Å². The van der Waals surface area contributed by atoms with Gasteiger partial charge in [-0.3, -0.25) is 0 Å². The van der Waals surface area contributed by atoms with E-state index in [0.29, 0.717) is 5.56 Å². The molecule has 114 valence electrons. The van der Waals surface area contributed by atoms with E-state index in [-0.39, 0.29) is 12.3 Å². The van der Waals surface area contributed by atoms with Gasteiger partial charge in [0.05, 0.1) is 6.61 Å². The lowest BCUT2D eigenvalue weighted by atomic mass is 10.2. The Hall–Kier alpha value is -2.24. The predicted molar refractivity (Wildman–Crippen MR) is 75.1 cm³/mol. The molecule has 0 fully saturated rings. The molecule has 0 saturated heterocycles. The summed E-state index contributed by atoms with van der Waals surface area (Å²) in [6.07, 6.45) is 2.27. The lowest BCUT2D eigenvalue weighted by Crippen LogP contribution is -2.24. The number of carbonyl (C=O) groups excluding carboxylic acids is 2. The average molecular weight is 295 g/mol. The number of ether oxygens (including phenoxy) is 2.